The van der Waals surface area contributed by atoms with Gasteiger partial charge in [-0.05, 0) is 49.7 Å². The maximum absolute atomic E-state index is 4.46. The summed E-state index contributed by atoms with van der Waals surface area (Å²) in [4.78, 5) is 11.3. The maximum Gasteiger partial charge on any atom is 0.191 e. The number of rotatable bonds is 5. The van der Waals surface area contributed by atoms with E-state index in [4.69, 9.17) is 0 Å². The van der Waals surface area contributed by atoms with Crippen LogP contribution in [0.1, 0.15) is 51.9 Å². The van der Waals surface area contributed by atoms with E-state index in [2.05, 4.69) is 44.6 Å². The third kappa shape index (κ3) is 4.65. The Balaban J connectivity index is 1.45. The van der Waals surface area contributed by atoms with Crippen LogP contribution in [-0.4, -0.2) is 43.7 Å². The molecule has 1 saturated carbocycles. The molecule has 0 amide bonds. The van der Waals surface area contributed by atoms with E-state index in [0.29, 0.717) is 11.5 Å². The van der Waals surface area contributed by atoms with Crippen molar-refractivity contribution in [1.29, 1.82) is 0 Å². The van der Waals surface area contributed by atoms with Crippen LogP contribution in [0, 0.1) is 5.41 Å². The van der Waals surface area contributed by atoms with Crippen molar-refractivity contribution in [3.05, 3.63) is 24.4 Å². The SMILES string of the molecule is CCC1(CNC(=NC)NC2CCN(c3ccccn3)CC2)CCCC1. The van der Waals surface area contributed by atoms with Crippen molar-refractivity contribution in [2.45, 2.75) is 57.9 Å². The zero-order valence-corrected chi connectivity index (χ0v) is 15.8. The Kier molecular flexibility index (Phi) is 6.16. The van der Waals surface area contributed by atoms with Gasteiger partial charge in [0.25, 0.3) is 0 Å². The molecule has 0 atom stereocenters. The van der Waals surface area contributed by atoms with Crippen molar-refractivity contribution in [2.75, 3.05) is 31.6 Å². The van der Waals surface area contributed by atoms with Gasteiger partial charge in [0, 0.05) is 38.9 Å². The van der Waals surface area contributed by atoms with Crippen LogP contribution in [0.15, 0.2) is 29.4 Å². The van der Waals surface area contributed by atoms with Crippen molar-refractivity contribution in [3.8, 4) is 0 Å². The first kappa shape index (κ1) is 18.0. The third-order valence-electron chi connectivity index (χ3n) is 6.08. The average Bonchev–Trinajstić information content (AvgIpc) is 3.16. The van der Waals surface area contributed by atoms with Gasteiger partial charge in [-0.25, -0.2) is 4.98 Å². The molecule has 0 bridgehead atoms. The van der Waals surface area contributed by atoms with E-state index in [1.807, 2.05) is 19.3 Å². The van der Waals surface area contributed by atoms with Gasteiger partial charge in [-0.3, -0.25) is 4.99 Å². The van der Waals surface area contributed by atoms with E-state index < -0.39 is 0 Å². The van der Waals surface area contributed by atoms with Gasteiger partial charge in [0.15, 0.2) is 5.96 Å². The van der Waals surface area contributed by atoms with Crippen LogP contribution in [0.25, 0.3) is 0 Å². The Morgan fingerprint density at radius 1 is 1.28 bits per heavy atom. The first-order valence-electron chi connectivity index (χ1n) is 9.88. The highest BCUT2D eigenvalue weighted by molar-refractivity contribution is 5.80. The molecule has 0 radical (unpaired) electrons. The van der Waals surface area contributed by atoms with Gasteiger partial charge >= 0.3 is 0 Å². The number of anilines is 1. The van der Waals surface area contributed by atoms with E-state index in [1.54, 1.807) is 0 Å². The second-order valence-corrected chi connectivity index (χ2v) is 7.58. The number of nitrogens with one attached hydrogen (secondary N) is 2. The quantitative estimate of drug-likeness (QED) is 0.637. The molecule has 2 fully saturated rings. The molecule has 0 aromatic carbocycles. The highest BCUT2D eigenvalue weighted by atomic mass is 15.2. The molecular weight excluding hydrogens is 310 g/mol. The average molecular weight is 344 g/mol. The molecule has 1 aliphatic carbocycles. The zero-order valence-electron chi connectivity index (χ0n) is 15.8. The standard InChI is InChI=1S/C20H33N5/c1-3-20(11-5-6-12-20)16-23-19(21-2)24-17-9-14-25(15-10-17)18-8-4-7-13-22-18/h4,7-8,13,17H,3,5-6,9-12,14-16H2,1-2H3,(H2,21,23,24). The van der Waals surface area contributed by atoms with Crippen molar-refractivity contribution in [3.63, 3.8) is 0 Å². The number of aliphatic imine (C=N–C) groups is 1. The molecule has 2 heterocycles. The molecular formula is C20H33N5. The Hall–Kier alpha value is -1.78. The molecule has 3 rings (SSSR count). The normalized spacial score (nSPS) is 21.4. The molecule has 2 N–H and O–H groups in total. The van der Waals surface area contributed by atoms with E-state index in [-0.39, 0.29) is 0 Å². The van der Waals surface area contributed by atoms with E-state index >= 15 is 0 Å². The number of nitrogens with zero attached hydrogens (tertiary/aromatic N) is 3. The van der Waals surface area contributed by atoms with Crippen LogP contribution in [-0.2, 0) is 0 Å². The van der Waals surface area contributed by atoms with Gasteiger partial charge < -0.3 is 15.5 Å². The van der Waals surface area contributed by atoms with E-state index in [9.17, 15) is 0 Å². The van der Waals surface area contributed by atoms with Gasteiger partial charge in [-0.1, -0.05) is 25.8 Å². The van der Waals surface area contributed by atoms with E-state index in [1.165, 1.54) is 32.1 Å². The van der Waals surface area contributed by atoms with Crippen molar-refractivity contribution in [2.24, 2.45) is 10.4 Å². The van der Waals surface area contributed by atoms with Crippen LogP contribution in [0.2, 0.25) is 0 Å². The first-order valence-corrected chi connectivity index (χ1v) is 9.88. The van der Waals surface area contributed by atoms with Crippen molar-refractivity contribution < 1.29 is 0 Å². The molecule has 1 aromatic heterocycles. The van der Waals surface area contributed by atoms with Crippen molar-refractivity contribution in [1.82, 2.24) is 15.6 Å². The lowest BCUT2D eigenvalue weighted by molar-refractivity contribution is 0.282. The van der Waals surface area contributed by atoms with Crippen LogP contribution in [0.3, 0.4) is 0 Å². The number of aromatic nitrogens is 1. The van der Waals surface area contributed by atoms with Crippen LogP contribution < -0.4 is 15.5 Å². The van der Waals surface area contributed by atoms with Crippen LogP contribution in [0.5, 0.6) is 0 Å². The summed E-state index contributed by atoms with van der Waals surface area (Å²) < 4.78 is 0. The number of piperidine rings is 1. The molecule has 0 spiro atoms. The fourth-order valence-corrected chi connectivity index (χ4v) is 4.23. The summed E-state index contributed by atoms with van der Waals surface area (Å²) in [6, 6.07) is 6.62. The second-order valence-electron chi connectivity index (χ2n) is 7.58. The largest absolute Gasteiger partial charge is 0.356 e. The molecule has 1 aromatic rings. The molecule has 5 heteroatoms. The summed E-state index contributed by atoms with van der Waals surface area (Å²) >= 11 is 0. The fraction of sp³-hybridized carbons (Fsp3) is 0.700. The summed E-state index contributed by atoms with van der Waals surface area (Å²) in [6.45, 7) is 5.47. The number of guanidine groups is 1. The highest BCUT2D eigenvalue weighted by Gasteiger charge is 2.32. The Morgan fingerprint density at radius 2 is 2.04 bits per heavy atom. The second kappa shape index (κ2) is 8.54. The monoisotopic (exact) mass is 343 g/mol. The number of pyridine rings is 1. The summed E-state index contributed by atoms with van der Waals surface area (Å²) in [5.74, 6) is 2.06. The lowest BCUT2D eigenvalue weighted by Crippen LogP contribution is -2.50. The summed E-state index contributed by atoms with van der Waals surface area (Å²) in [6.07, 6.45) is 10.9. The zero-order chi connectivity index (χ0) is 17.5. The summed E-state index contributed by atoms with van der Waals surface area (Å²) in [5.41, 5.74) is 0.486. The minimum absolute atomic E-state index is 0.486. The van der Waals surface area contributed by atoms with Crippen LogP contribution >= 0.6 is 0 Å². The molecule has 25 heavy (non-hydrogen) atoms. The van der Waals surface area contributed by atoms with Gasteiger partial charge in [-0.2, -0.15) is 0 Å². The van der Waals surface area contributed by atoms with E-state index in [0.717, 1.165) is 44.3 Å². The third-order valence-corrected chi connectivity index (χ3v) is 6.08. The number of hydrogen-bond donors (Lipinski definition) is 2. The van der Waals surface area contributed by atoms with Gasteiger partial charge in [-0.15, -0.1) is 0 Å². The topological polar surface area (TPSA) is 52.6 Å². The summed E-state index contributed by atoms with van der Waals surface area (Å²) in [5, 5.41) is 7.24. The predicted octanol–water partition coefficient (Wildman–Crippen LogP) is 3.19. The Labute approximate surface area is 152 Å². The minimum Gasteiger partial charge on any atom is -0.356 e. The minimum atomic E-state index is 0.486. The molecule has 1 saturated heterocycles. The van der Waals surface area contributed by atoms with Crippen LogP contribution in [0.4, 0.5) is 5.82 Å². The Bertz CT molecular complexity index is 542. The molecule has 2 aliphatic rings. The van der Waals surface area contributed by atoms with Gasteiger partial charge in [0.1, 0.15) is 5.82 Å². The lowest BCUT2D eigenvalue weighted by atomic mass is 9.83. The molecule has 1 aliphatic heterocycles. The highest BCUT2D eigenvalue weighted by Crippen LogP contribution is 2.40. The molecule has 138 valence electrons. The number of hydrogen-bond acceptors (Lipinski definition) is 3. The smallest absolute Gasteiger partial charge is 0.191 e. The Morgan fingerprint density at radius 3 is 2.64 bits per heavy atom. The maximum atomic E-state index is 4.46. The van der Waals surface area contributed by atoms with Crippen molar-refractivity contribution >= 4 is 11.8 Å². The molecule has 5 nitrogen and oxygen atoms in total. The van der Waals surface area contributed by atoms with Gasteiger partial charge in [0.2, 0.25) is 0 Å². The molecule has 0 unspecified atom stereocenters. The lowest BCUT2D eigenvalue weighted by Gasteiger charge is -2.34. The fourth-order valence-electron chi connectivity index (χ4n) is 4.23. The predicted molar refractivity (Wildman–Crippen MR) is 105 cm³/mol. The first-order chi connectivity index (χ1) is 12.2. The summed E-state index contributed by atoms with van der Waals surface area (Å²) in [7, 11) is 1.88. The van der Waals surface area contributed by atoms with Gasteiger partial charge in [0.05, 0.1) is 0 Å².